The van der Waals surface area contributed by atoms with Crippen LogP contribution in [0.1, 0.15) is 49.2 Å². The molecule has 1 aliphatic heterocycles. The summed E-state index contributed by atoms with van der Waals surface area (Å²) in [7, 11) is 2.11. The second-order valence-corrected chi connectivity index (χ2v) is 6.90. The highest BCUT2D eigenvalue weighted by Crippen LogP contribution is 2.42. The van der Waals surface area contributed by atoms with Gasteiger partial charge in [0, 0.05) is 31.2 Å². The average Bonchev–Trinajstić information content (AvgIpc) is 3.28. The van der Waals surface area contributed by atoms with Crippen LogP contribution in [0.4, 0.5) is 0 Å². The molecule has 2 aromatic rings. The van der Waals surface area contributed by atoms with Crippen LogP contribution in [0.2, 0.25) is 0 Å². The summed E-state index contributed by atoms with van der Waals surface area (Å²) >= 11 is 5.73. The molecule has 2 fully saturated rings. The topological polar surface area (TPSA) is 33.1 Å². The molecule has 0 bridgehead atoms. The fraction of sp³-hybridized carbons (Fsp3) is 0.444. The van der Waals surface area contributed by atoms with Crippen molar-refractivity contribution in [2.45, 2.75) is 43.8 Å². The number of hydrogen-bond acceptors (Lipinski definition) is 2. The first kappa shape index (κ1) is 14.7. The number of nitrogens with one attached hydrogen (secondary N) is 1. The lowest BCUT2D eigenvalue weighted by atomic mass is 10.00. The van der Waals surface area contributed by atoms with E-state index in [4.69, 9.17) is 12.2 Å². The highest BCUT2D eigenvalue weighted by Gasteiger charge is 2.44. The predicted molar refractivity (Wildman–Crippen MR) is 95.0 cm³/mol. The SMILES string of the molecule is Cn1cccc1[C@H]1[C@@H](c2ccccn2)NC(=S)N1C1CCCC1. The van der Waals surface area contributed by atoms with E-state index in [1.807, 2.05) is 18.3 Å². The van der Waals surface area contributed by atoms with E-state index in [9.17, 15) is 0 Å². The third-order valence-electron chi connectivity index (χ3n) is 5.14. The lowest BCUT2D eigenvalue weighted by Gasteiger charge is -2.33. The second-order valence-electron chi connectivity index (χ2n) is 6.52. The average molecular weight is 326 g/mol. The van der Waals surface area contributed by atoms with Gasteiger partial charge in [-0.15, -0.1) is 0 Å². The molecule has 1 aliphatic carbocycles. The summed E-state index contributed by atoms with van der Waals surface area (Å²) in [5.41, 5.74) is 2.35. The summed E-state index contributed by atoms with van der Waals surface area (Å²) in [4.78, 5) is 7.03. The Morgan fingerprint density at radius 3 is 2.65 bits per heavy atom. The van der Waals surface area contributed by atoms with Crippen LogP contribution in [0.5, 0.6) is 0 Å². The van der Waals surface area contributed by atoms with Gasteiger partial charge in [-0.1, -0.05) is 18.9 Å². The maximum absolute atomic E-state index is 5.73. The van der Waals surface area contributed by atoms with Crippen molar-refractivity contribution in [2.75, 3.05) is 0 Å². The fourth-order valence-corrected chi connectivity index (χ4v) is 4.43. The van der Waals surface area contributed by atoms with Gasteiger partial charge in [-0.05, 0) is 49.3 Å². The van der Waals surface area contributed by atoms with Crippen molar-refractivity contribution in [1.29, 1.82) is 0 Å². The van der Waals surface area contributed by atoms with Crippen molar-refractivity contribution in [3.8, 4) is 0 Å². The minimum Gasteiger partial charge on any atom is -0.353 e. The fourth-order valence-electron chi connectivity index (χ4n) is 4.04. The van der Waals surface area contributed by atoms with Crippen LogP contribution in [-0.2, 0) is 7.05 Å². The van der Waals surface area contributed by atoms with E-state index in [2.05, 4.69) is 51.2 Å². The zero-order chi connectivity index (χ0) is 15.8. The Kier molecular flexibility index (Phi) is 3.81. The van der Waals surface area contributed by atoms with E-state index < -0.39 is 0 Å². The van der Waals surface area contributed by atoms with E-state index in [0.717, 1.165) is 10.8 Å². The molecule has 3 heterocycles. The third-order valence-corrected chi connectivity index (χ3v) is 5.47. The lowest BCUT2D eigenvalue weighted by molar-refractivity contribution is 0.238. The van der Waals surface area contributed by atoms with E-state index in [0.29, 0.717) is 6.04 Å². The minimum atomic E-state index is 0.109. The Hall–Kier alpha value is -1.88. The summed E-state index contributed by atoms with van der Waals surface area (Å²) in [5, 5.41) is 4.42. The molecule has 0 amide bonds. The van der Waals surface area contributed by atoms with Gasteiger partial charge in [-0.25, -0.2) is 0 Å². The molecular formula is C18H22N4S. The highest BCUT2D eigenvalue weighted by molar-refractivity contribution is 7.80. The molecule has 2 aliphatic rings. The zero-order valence-corrected chi connectivity index (χ0v) is 14.2. The molecule has 1 saturated heterocycles. The van der Waals surface area contributed by atoms with Crippen LogP contribution in [0.25, 0.3) is 0 Å². The van der Waals surface area contributed by atoms with Crippen molar-refractivity contribution in [1.82, 2.24) is 19.8 Å². The molecule has 0 unspecified atom stereocenters. The lowest BCUT2D eigenvalue weighted by Crippen LogP contribution is -2.38. The number of pyridine rings is 1. The van der Waals surface area contributed by atoms with Gasteiger partial charge < -0.3 is 14.8 Å². The molecule has 2 atom stereocenters. The molecule has 0 aromatic carbocycles. The molecular weight excluding hydrogens is 304 g/mol. The molecule has 1 saturated carbocycles. The van der Waals surface area contributed by atoms with Gasteiger partial charge in [0.1, 0.15) is 0 Å². The van der Waals surface area contributed by atoms with E-state index in [-0.39, 0.29) is 12.1 Å². The van der Waals surface area contributed by atoms with Gasteiger partial charge in [0.15, 0.2) is 5.11 Å². The Labute approximate surface area is 142 Å². The third kappa shape index (κ3) is 2.53. The predicted octanol–water partition coefficient (Wildman–Crippen LogP) is 3.34. The molecule has 4 rings (SSSR count). The van der Waals surface area contributed by atoms with E-state index >= 15 is 0 Å². The standard InChI is InChI=1S/C18H22N4S/c1-21-12-6-10-15(21)17-16(14-9-4-5-11-19-14)20-18(23)22(17)13-7-2-3-8-13/h4-6,9-13,16-17H,2-3,7-8H2,1H3,(H,20,23)/t16-,17+/m1/s1. The zero-order valence-electron chi connectivity index (χ0n) is 13.4. The quantitative estimate of drug-likeness (QED) is 0.877. The van der Waals surface area contributed by atoms with Crippen LogP contribution < -0.4 is 5.32 Å². The molecule has 4 nitrogen and oxygen atoms in total. The maximum atomic E-state index is 5.73. The Morgan fingerprint density at radius 2 is 2.00 bits per heavy atom. The van der Waals surface area contributed by atoms with Gasteiger partial charge in [0.05, 0.1) is 17.8 Å². The van der Waals surface area contributed by atoms with Crippen molar-refractivity contribution in [3.63, 3.8) is 0 Å². The number of hydrogen-bond donors (Lipinski definition) is 1. The Morgan fingerprint density at radius 1 is 1.17 bits per heavy atom. The van der Waals surface area contributed by atoms with Gasteiger partial charge >= 0.3 is 0 Å². The summed E-state index contributed by atoms with van der Waals surface area (Å²) in [6.45, 7) is 0. The van der Waals surface area contributed by atoms with E-state index in [1.165, 1.54) is 31.4 Å². The first-order chi connectivity index (χ1) is 11.3. The molecule has 1 N–H and O–H groups in total. The summed E-state index contributed by atoms with van der Waals surface area (Å²) in [6.07, 6.45) is 9.05. The van der Waals surface area contributed by atoms with Crippen LogP contribution in [0, 0.1) is 0 Å². The summed E-state index contributed by atoms with van der Waals surface area (Å²) in [6, 6.07) is 11.3. The van der Waals surface area contributed by atoms with Crippen LogP contribution in [0.3, 0.4) is 0 Å². The van der Waals surface area contributed by atoms with E-state index in [1.54, 1.807) is 0 Å². The van der Waals surface area contributed by atoms with Crippen LogP contribution in [-0.4, -0.2) is 25.6 Å². The Balaban J connectivity index is 1.77. The molecule has 0 radical (unpaired) electrons. The highest BCUT2D eigenvalue weighted by atomic mass is 32.1. The number of rotatable bonds is 3. The Bertz CT molecular complexity index is 690. The molecule has 23 heavy (non-hydrogen) atoms. The second kappa shape index (κ2) is 5.96. The first-order valence-electron chi connectivity index (χ1n) is 8.36. The van der Waals surface area contributed by atoms with Crippen molar-refractivity contribution in [2.24, 2.45) is 7.05 Å². The van der Waals surface area contributed by atoms with Gasteiger partial charge in [0.2, 0.25) is 0 Å². The van der Waals surface area contributed by atoms with Crippen LogP contribution >= 0.6 is 12.2 Å². The number of thiocarbonyl (C=S) groups is 1. The minimum absolute atomic E-state index is 0.109. The first-order valence-corrected chi connectivity index (χ1v) is 8.77. The number of nitrogens with zero attached hydrogens (tertiary/aromatic N) is 3. The van der Waals surface area contributed by atoms with Crippen LogP contribution in [0.15, 0.2) is 42.7 Å². The van der Waals surface area contributed by atoms with Gasteiger partial charge in [0.25, 0.3) is 0 Å². The number of aryl methyl sites for hydroxylation is 1. The summed E-state index contributed by atoms with van der Waals surface area (Å²) < 4.78 is 2.21. The monoisotopic (exact) mass is 326 g/mol. The molecule has 5 heteroatoms. The molecule has 2 aromatic heterocycles. The largest absolute Gasteiger partial charge is 0.353 e. The summed E-state index contributed by atoms with van der Waals surface area (Å²) in [5.74, 6) is 0. The van der Waals surface area contributed by atoms with Crippen molar-refractivity contribution in [3.05, 3.63) is 54.1 Å². The van der Waals surface area contributed by atoms with Gasteiger partial charge in [-0.3, -0.25) is 4.98 Å². The molecule has 120 valence electrons. The van der Waals surface area contributed by atoms with Gasteiger partial charge in [-0.2, -0.15) is 0 Å². The maximum Gasteiger partial charge on any atom is 0.170 e. The normalized spacial score (nSPS) is 25.1. The smallest absolute Gasteiger partial charge is 0.170 e. The van der Waals surface area contributed by atoms with Crippen molar-refractivity contribution < 1.29 is 0 Å². The van der Waals surface area contributed by atoms with Crippen molar-refractivity contribution >= 4 is 17.3 Å². The number of aromatic nitrogens is 2. The molecule has 0 spiro atoms.